The summed E-state index contributed by atoms with van der Waals surface area (Å²) in [7, 11) is 3.20. The highest BCUT2D eigenvalue weighted by molar-refractivity contribution is 5.86. The van der Waals surface area contributed by atoms with Gasteiger partial charge in [-0.25, -0.2) is 0 Å². The van der Waals surface area contributed by atoms with Crippen molar-refractivity contribution in [2.45, 2.75) is 38.6 Å². The van der Waals surface area contributed by atoms with Gasteiger partial charge >= 0.3 is 5.97 Å². The van der Waals surface area contributed by atoms with Crippen molar-refractivity contribution in [3.63, 3.8) is 0 Å². The molecule has 2 aliphatic rings. The Morgan fingerprint density at radius 1 is 1.32 bits per heavy atom. The van der Waals surface area contributed by atoms with Gasteiger partial charge in [-0.15, -0.1) is 0 Å². The smallest absolute Gasteiger partial charge is 0.306 e. The lowest BCUT2D eigenvalue weighted by molar-refractivity contribution is -0.147. The topological polar surface area (TPSA) is 76.1 Å². The van der Waals surface area contributed by atoms with Gasteiger partial charge in [-0.05, 0) is 37.8 Å². The van der Waals surface area contributed by atoms with E-state index in [0.29, 0.717) is 37.4 Å². The summed E-state index contributed by atoms with van der Waals surface area (Å²) in [5, 5.41) is 9.33. The molecule has 1 saturated carbocycles. The third-order valence-corrected chi connectivity index (χ3v) is 5.65. The molecule has 1 aliphatic carbocycles. The molecule has 6 heteroatoms. The Morgan fingerprint density at radius 2 is 2.12 bits per heavy atom. The van der Waals surface area contributed by atoms with Crippen molar-refractivity contribution in [1.29, 1.82) is 0 Å². The lowest BCUT2D eigenvalue weighted by atomic mass is 9.68. The van der Waals surface area contributed by atoms with Gasteiger partial charge in [0.1, 0.15) is 11.5 Å². The van der Waals surface area contributed by atoms with Gasteiger partial charge in [0.05, 0.1) is 25.6 Å². The number of benzene rings is 1. The molecule has 25 heavy (non-hydrogen) atoms. The first-order chi connectivity index (χ1) is 12.0. The number of hydrogen-bond acceptors (Lipinski definition) is 4. The van der Waals surface area contributed by atoms with Crippen LogP contribution in [0, 0.1) is 11.3 Å². The molecule has 1 aliphatic heterocycles. The molecule has 1 amide bonds. The first-order valence-corrected chi connectivity index (χ1v) is 8.72. The molecule has 1 N–H and O–H groups in total. The Labute approximate surface area is 147 Å². The summed E-state index contributed by atoms with van der Waals surface area (Å²) >= 11 is 0. The number of carboxylic acids is 1. The predicted octanol–water partition coefficient (Wildman–Crippen LogP) is 2.70. The van der Waals surface area contributed by atoms with Crippen molar-refractivity contribution >= 4 is 11.9 Å². The second-order valence-electron chi connectivity index (χ2n) is 7.07. The Hall–Kier alpha value is -2.24. The van der Waals surface area contributed by atoms with E-state index >= 15 is 0 Å². The van der Waals surface area contributed by atoms with Crippen LogP contribution in [0.15, 0.2) is 18.2 Å². The van der Waals surface area contributed by atoms with Crippen LogP contribution in [0.3, 0.4) is 0 Å². The predicted molar refractivity (Wildman–Crippen MR) is 91.6 cm³/mol. The Balaban J connectivity index is 1.75. The number of hydrogen-bond donors (Lipinski definition) is 1. The maximum absolute atomic E-state index is 13.0. The third kappa shape index (κ3) is 3.30. The van der Waals surface area contributed by atoms with Crippen LogP contribution in [0.2, 0.25) is 0 Å². The summed E-state index contributed by atoms with van der Waals surface area (Å²) in [6.45, 7) is 1.14. The van der Waals surface area contributed by atoms with Crippen LogP contribution >= 0.6 is 0 Å². The highest BCUT2D eigenvalue weighted by atomic mass is 16.5. The van der Waals surface area contributed by atoms with Crippen LogP contribution in [0.1, 0.15) is 37.7 Å². The van der Waals surface area contributed by atoms with E-state index in [1.807, 2.05) is 23.1 Å². The number of carbonyl (C=O) groups is 2. The van der Waals surface area contributed by atoms with E-state index in [0.717, 1.165) is 24.8 Å². The van der Waals surface area contributed by atoms with E-state index in [9.17, 15) is 14.7 Å². The maximum atomic E-state index is 13.0. The Kier molecular flexibility index (Phi) is 4.88. The van der Waals surface area contributed by atoms with E-state index in [4.69, 9.17) is 9.47 Å². The number of carboxylic acid groups (broad SMARTS) is 1. The summed E-state index contributed by atoms with van der Waals surface area (Å²) in [5.41, 5.74) is 0.445. The van der Waals surface area contributed by atoms with Gasteiger partial charge in [-0.3, -0.25) is 9.59 Å². The number of likely N-dealkylation sites (tertiary alicyclic amines) is 1. The molecule has 1 heterocycles. The van der Waals surface area contributed by atoms with Crippen molar-refractivity contribution in [3.8, 4) is 11.5 Å². The minimum Gasteiger partial charge on any atom is -0.497 e. The Morgan fingerprint density at radius 3 is 2.80 bits per heavy atom. The number of amides is 1. The summed E-state index contributed by atoms with van der Waals surface area (Å²) in [5.74, 6) is 0.327. The average molecular weight is 347 g/mol. The van der Waals surface area contributed by atoms with Crippen LogP contribution in [0.5, 0.6) is 11.5 Å². The first-order valence-electron chi connectivity index (χ1n) is 8.72. The molecule has 0 radical (unpaired) electrons. The fraction of sp³-hybridized carbons (Fsp3) is 0.579. The number of ether oxygens (including phenoxy) is 2. The molecule has 1 aromatic carbocycles. The summed E-state index contributed by atoms with van der Waals surface area (Å²) in [6.07, 6.45) is 3.50. The van der Waals surface area contributed by atoms with Crippen molar-refractivity contribution in [2.24, 2.45) is 11.3 Å². The molecule has 0 aromatic heterocycles. The quantitative estimate of drug-likeness (QED) is 0.886. The van der Waals surface area contributed by atoms with Crippen LogP contribution in [0.4, 0.5) is 0 Å². The van der Waals surface area contributed by atoms with Crippen LogP contribution < -0.4 is 9.47 Å². The number of rotatable bonds is 5. The van der Waals surface area contributed by atoms with Crippen molar-refractivity contribution in [2.75, 3.05) is 20.8 Å². The molecular formula is C19H25NO5. The highest BCUT2D eigenvalue weighted by Crippen LogP contribution is 2.47. The normalized spacial score (nSPS) is 26.1. The van der Waals surface area contributed by atoms with Crippen molar-refractivity contribution in [3.05, 3.63) is 23.8 Å². The van der Waals surface area contributed by atoms with Gasteiger partial charge in [-0.2, -0.15) is 0 Å². The summed E-state index contributed by atoms with van der Waals surface area (Å²) < 4.78 is 10.6. The molecule has 2 fully saturated rings. The van der Waals surface area contributed by atoms with Crippen LogP contribution in [-0.2, 0) is 16.1 Å². The standard InChI is InChI=1S/C19H25NO5/c1-24-15-6-5-14(16(10-15)25-2)12-20-9-8-19(18(20)23)7-3-4-13(11-19)17(21)22/h5-6,10,13H,3-4,7-9,11-12H2,1-2H3,(H,21,22). The second-order valence-corrected chi connectivity index (χ2v) is 7.07. The zero-order chi connectivity index (χ0) is 18.0. The minimum atomic E-state index is -0.776. The van der Waals surface area contributed by atoms with Crippen LogP contribution in [0.25, 0.3) is 0 Å². The zero-order valence-electron chi connectivity index (χ0n) is 14.8. The van der Waals surface area contributed by atoms with E-state index < -0.39 is 17.3 Å². The largest absolute Gasteiger partial charge is 0.497 e. The number of aliphatic carboxylic acids is 1. The van der Waals surface area contributed by atoms with Crippen molar-refractivity contribution < 1.29 is 24.2 Å². The fourth-order valence-corrected chi connectivity index (χ4v) is 4.23. The molecule has 1 spiro atoms. The molecule has 1 saturated heterocycles. The van der Waals surface area contributed by atoms with E-state index in [1.165, 1.54) is 0 Å². The summed E-state index contributed by atoms with van der Waals surface area (Å²) in [4.78, 5) is 26.3. The van der Waals surface area contributed by atoms with Gasteiger partial charge in [0.15, 0.2) is 0 Å². The lowest BCUT2D eigenvalue weighted by Gasteiger charge is -2.34. The molecule has 1 aromatic rings. The van der Waals surface area contributed by atoms with Gasteiger partial charge in [0.25, 0.3) is 0 Å². The van der Waals surface area contributed by atoms with Gasteiger partial charge in [-0.1, -0.05) is 6.42 Å². The third-order valence-electron chi connectivity index (χ3n) is 5.65. The minimum absolute atomic E-state index is 0.0938. The number of carbonyl (C=O) groups excluding carboxylic acids is 1. The molecular weight excluding hydrogens is 322 g/mol. The highest BCUT2D eigenvalue weighted by Gasteiger charge is 2.50. The van der Waals surface area contributed by atoms with E-state index in [-0.39, 0.29) is 5.91 Å². The molecule has 2 unspecified atom stereocenters. The average Bonchev–Trinajstić information content (AvgIpc) is 2.91. The van der Waals surface area contributed by atoms with Gasteiger partial charge < -0.3 is 19.5 Å². The van der Waals surface area contributed by atoms with Gasteiger partial charge in [0, 0.05) is 24.7 Å². The van der Waals surface area contributed by atoms with Crippen LogP contribution in [-0.4, -0.2) is 42.6 Å². The van der Waals surface area contributed by atoms with E-state index in [1.54, 1.807) is 14.2 Å². The van der Waals surface area contributed by atoms with E-state index in [2.05, 4.69) is 0 Å². The van der Waals surface area contributed by atoms with Crippen molar-refractivity contribution in [1.82, 2.24) is 4.90 Å². The monoisotopic (exact) mass is 347 g/mol. The Bertz CT molecular complexity index is 674. The lowest BCUT2D eigenvalue weighted by Crippen LogP contribution is -2.39. The number of methoxy groups -OCH3 is 2. The second kappa shape index (κ2) is 6.94. The molecule has 136 valence electrons. The molecule has 6 nitrogen and oxygen atoms in total. The molecule has 3 rings (SSSR count). The fourth-order valence-electron chi connectivity index (χ4n) is 4.23. The number of nitrogens with zero attached hydrogens (tertiary/aromatic N) is 1. The summed E-state index contributed by atoms with van der Waals surface area (Å²) in [6, 6.07) is 5.58. The first kappa shape index (κ1) is 17.6. The molecule has 0 bridgehead atoms. The zero-order valence-corrected chi connectivity index (χ0v) is 14.8. The molecule has 2 atom stereocenters. The van der Waals surface area contributed by atoms with Gasteiger partial charge in [0.2, 0.25) is 5.91 Å². The maximum Gasteiger partial charge on any atom is 0.306 e. The SMILES string of the molecule is COc1ccc(CN2CCC3(CCCC(C(=O)O)C3)C2=O)c(OC)c1.